The number of piperidine rings is 1. The molecule has 1 saturated heterocycles. The Balaban J connectivity index is 1.63. The third-order valence-corrected chi connectivity index (χ3v) is 6.74. The summed E-state index contributed by atoms with van der Waals surface area (Å²) in [5.41, 5.74) is 2.62. The molecule has 1 unspecified atom stereocenters. The van der Waals surface area contributed by atoms with E-state index in [0.717, 1.165) is 37.9 Å². The van der Waals surface area contributed by atoms with Crippen LogP contribution in [-0.4, -0.2) is 39.8 Å². The van der Waals surface area contributed by atoms with Crippen molar-refractivity contribution in [2.75, 3.05) is 13.1 Å². The van der Waals surface area contributed by atoms with Gasteiger partial charge in [-0.1, -0.05) is 43.3 Å². The smallest absolute Gasteiger partial charge is 0.115 e. The molecule has 3 nitrogen and oxygen atoms in total. The Bertz CT molecular complexity index is 771. The van der Waals surface area contributed by atoms with E-state index in [4.69, 9.17) is 0 Å². The maximum Gasteiger partial charge on any atom is 0.115 e. The van der Waals surface area contributed by atoms with Crippen LogP contribution < -0.4 is 0 Å². The summed E-state index contributed by atoms with van der Waals surface area (Å²) >= 11 is 0. The number of fused-ring (bicyclic) bond motifs is 4. The van der Waals surface area contributed by atoms with Crippen LogP contribution in [0.1, 0.15) is 37.0 Å². The van der Waals surface area contributed by atoms with Gasteiger partial charge in [0.15, 0.2) is 0 Å². The van der Waals surface area contributed by atoms with Crippen LogP contribution in [-0.2, 0) is 18.3 Å². The van der Waals surface area contributed by atoms with Gasteiger partial charge in [0.2, 0.25) is 0 Å². The third-order valence-electron chi connectivity index (χ3n) is 6.74. The lowest BCUT2D eigenvalue weighted by Gasteiger charge is -2.59. The van der Waals surface area contributed by atoms with Crippen molar-refractivity contribution in [2.45, 2.75) is 50.2 Å². The lowest BCUT2D eigenvalue weighted by Crippen LogP contribution is -2.69. The van der Waals surface area contributed by atoms with Crippen molar-refractivity contribution in [3.63, 3.8) is 0 Å². The van der Waals surface area contributed by atoms with Crippen LogP contribution in [0.4, 0.5) is 0 Å². The fourth-order valence-electron chi connectivity index (χ4n) is 4.88. The average Bonchev–Trinajstić information content (AvgIpc) is 2.59. The molecule has 2 N–H and O–H groups in total. The largest absolute Gasteiger partial charge is 0.508 e. The minimum Gasteiger partial charge on any atom is -0.508 e. The SMILES string of the molecule is C[C@]1(O)C2Cc3ccc(O)cc3[C@@]1(C)CCN2CCc1ccccc1. The molecule has 132 valence electrons. The van der Waals surface area contributed by atoms with Gasteiger partial charge in [0.25, 0.3) is 0 Å². The maximum atomic E-state index is 11.5. The van der Waals surface area contributed by atoms with Crippen molar-refractivity contribution >= 4 is 0 Å². The van der Waals surface area contributed by atoms with Gasteiger partial charge in [-0.15, -0.1) is 0 Å². The first kappa shape index (κ1) is 16.6. The molecule has 1 heterocycles. The van der Waals surface area contributed by atoms with Gasteiger partial charge in [-0.3, -0.25) is 4.90 Å². The van der Waals surface area contributed by atoms with Gasteiger partial charge >= 0.3 is 0 Å². The maximum absolute atomic E-state index is 11.5. The summed E-state index contributed by atoms with van der Waals surface area (Å²) in [5.74, 6) is 0.292. The first-order valence-electron chi connectivity index (χ1n) is 9.24. The van der Waals surface area contributed by atoms with Gasteiger partial charge in [-0.2, -0.15) is 0 Å². The second kappa shape index (κ2) is 5.86. The Morgan fingerprint density at radius 3 is 2.64 bits per heavy atom. The number of phenols is 1. The lowest BCUT2D eigenvalue weighted by molar-refractivity contribution is -0.128. The summed E-state index contributed by atoms with van der Waals surface area (Å²) in [6.07, 6.45) is 2.75. The Hall–Kier alpha value is -1.84. The van der Waals surface area contributed by atoms with E-state index < -0.39 is 5.60 Å². The van der Waals surface area contributed by atoms with Crippen molar-refractivity contribution in [3.8, 4) is 5.75 Å². The molecule has 3 heteroatoms. The summed E-state index contributed by atoms with van der Waals surface area (Å²) in [7, 11) is 0. The standard InChI is InChI=1S/C22H27NO2/c1-21-11-13-23(12-10-16-6-4-3-5-7-16)20(22(21,2)25)14-17-8-9-18(24)15-19(17)21/h3-9,15,20,24-25H,10-14H2,1-2H3/t20?,21-,22+/m1/s1. The molecule has 0 saturated carbocycles. The first-order valence-corrected chi connectivity index (χ1v) is 9.24. The molecule has 2 aliphatic rings. The number of aliphatic hydroxyl groups is 1. The number of hydrogen-bond donors (Lipinski definition) is 2. The van der Waals surface area contributed by atoms with Gasteiger partial charge < -0.3 is 10.2 Å². The lowest BCUT2D eigenvalue weighted by atomic mass is 9.56. The molecule has 0 radical (unpaired) electrons. The molecule has 2 aromatic carbocycles. The van der Waals surface area contributed by atoms with Crippen LogP contribution in [0.2, 0.25) is 0 Å². The summed E-state index contributed by atoms with van der Waals surface area (Å²) in [4.78, 5) is 2.46. The Kier molecular flexibility index (Phi) is 3.89. The topological polar surface area (TPSA) is 43.7 Å². The minimum atomic E-state index is -0.803. The zero-order valence-corrected chi connectivity index (χ0v) is 15.1. The van der Waals surface area contributed by atoms with Crippen molar-refractivity contribution in [2.24, 2.45) is 0 Å². The molecule has 3 atom stereocenters. The molecule has 1 aliphatic carbocycles. The fourth-order valence-corrected chi connectivity index (χ4v) is 4.88. The van der Waals surface area contributed by atoms with Crippen molar-refractivity contribution < 1.29 is 10.2 Å². The van der Waals surface area contributed by atoms with E-state index in [1.807, 2.05) is 25.1 Å². The first-order chi connectivity index (χ1) is 11.9. The number of nitrogens with zero attached hydrogens (tertiary/aromatic N) is 1. The Morgan fingerprint density at radius 2 is 1.88 bits per heavy atom. The van der Waals surface area contributed by atoms with Gasteiger partial charge in [0, 0.05) is 18.0 Å². The van der Waals surface area contributed by atoms with E-state index in [0.29, 0.717) is 5.75 Å². The molecule has 4 rings (SSSR count). The zero-order chi connectivity index (χ0) is 17.7. The third kappa shape index (κ3) is 2.57. The van der Waals surface area contributed by atoms with Gasteiger partial charge in [0.1, 0.15) is 5.75 Å². The fraction of sp³-hybridized carbons (Fsp3) is 0.455. The predicted octanol–water partition coefficient (Wildman–Crippen LogP) is 3.27. The van der Waals surface area contributed by atoms with Crippen LogP contribution in [0.3, 0.4) is 0 Å². The van der Waals surface area contributed by atoms with Crippen LogP contribution in [0.5, 0.6) is 5.75 Å². The summed E-state index contributed by atoms with van der Waals surface area (Å²) < 4.78 is 0. The van der Waals surface area contributed by atoms with Crippen LogP contribution in [0.15, 0.2) is 48.5 Å². The highest BCUT2D eigenvalue weighted by molar-refractivity contribution is 5.46. The molecule has 1 aliphatic heterocycles. The molecule has 0 spiro atoms. The number of phenolic OH excluding ortho intramolecular Hbond substituents is 1. The Morgan fingerprint density at radius 1 is 1.12 bits per heavy atom. The van der Waals surface area contributed by atoms with Crippen LogP contribution >= 0.6 is 0 Å². The van der Waals surface area contributed by atoms with Crippen LogP contribution in [0, 0.1) is 0 Å². The normalized spacial score (nSPS) is 31.6. The highest BCUT2D eigenvalue weighted by Crippen LogP contribution is 2.51. The predicted molar refractivity (Wildman–Crippen MR) is 99.9 cm³/mol. The number of hydrogen-bond acceptors (Lipinski definition) is 3. The van der Waals surface area contributed by atoms with E-state index in [1.54, 1.807) is 6.07 Å². The Labute approximate surface area is 149 Å². The molecule has 2 aromatic rings. The minimum absolute atomic E-state index is 0.118. The van der Waals surface area contributed by atoms with E-state index >= 15 is 0 Å². The summed E-state index contributed by atoms with van der Waals surface area (Å²) in [6.45, 7) is 6.10. The molecular weight excluding hydrogens is 310 g/mol. The quantitative estimate of drug-likeness (QED) is 0.903. The molecular formula is C22H27NO2. The molecule has 25 heavy (non-hydrogen) atoms. The highest BCUT2D eigenvalue weighted by Gasteiger charge is 2.57. The van der Waals surface area contributed by atoms with E-state index in [1.165, 1.54) is 11.1 Å². The van der Waals surface area contributed by atoms with Gasteiger partial charge in [-0.25, -0.2) is 0 Å². The van der Waals surface area contributed by atoms with Gasteiger partial charge in [0.05, 0.1) is 5.60 Å². The molecule has 0 aromatic heterocycles. The second-order valence-corrected chi connectivity index (χ2v) is 8.06. The van der Waals surface area contributed by atoms with Crippen molar-refractivity contribution in [3.05, 3.63) is 65.2 Å². The number of benzene rings is 2. The molecule has 0 amide bonds. The number of rotatable bonds is 3. The van der Waals surface area contributed by atoms with Crippen molar-refractivity contribution in [1.82, 2.24) is 4.90 Å². The average molecular weight is 337 g/mol. The van der Waals surface area contributed by atoms with Crippen molar-refractivity contribution in [1.29, 1.82) is 0 Å². The monoisotopic (exact) mass is 337 g/mol. The van der Waals surface area contributed by atoms with E-state index in [9.17, 15) is 10.2 Å². The number of aromatic hydroxyl groups is 1. The van der Waals surface area contributed by atoms with E-state index in [2.05, 4.69) is 36.1 Å². The van der Waals surface area contributed by atoms with Gasteiger partial charge in [-0.05, 0) is 61.6 Å². The second-order valence-electron chi connectivity index (χ2n) is 8.06. The summed E-state index contributed by atoms with van der Waals surface area (Å²) in [6, 6.07) is 16.3. The molecule has 2 bridgehead atoms. The summed E-state index contributed by atoms with van der Waals surface area (Å²) in [5, 5.41) is 21.4. The zero-order valence-electron chi connectivity index (χ0n) is 15.1. The van der Waals surface area contributed by atoms with E-state index in [-0.39, 0.29) is 11.5 Å². The number of likely N-dealkylation sites (tertiary alicyclic amines) is 1. The van der Waals surface area contributed by atoms with Crippen LogP contribution in [0.25, 0.3) is 0 Å². The highest BCUT2D eigenvalue weighted by atomic mass is 16.3. The molecule has 1 fully saturated rings.